The third-order valence-electron chi connectivity index (χ3n) is 4.38. The van der Waals surface area contributed by atoms with Crippen LogP contribution in [0.15, 0.2) is 94.7 Å². The molecule has 8 nitrogen and oxygen atoms in total. The van der Waals surface area contributed by atoms with Crippen molar-refractivity contribution in [3.63, 3.8) is 0 Å². The van der Waals surface area contributed by atoms with Crippen molar-refractivity contribution in [1.82, 2.24) is 9.99 Å². The molecule has 2 aromatic carbocycles. The summed E-state index contributed by atoms with van der Waals surface area (Å²) >= 11 is 0. The van der Waals surface area contributed by atoms with Crippen LogP contribution in [0.25, 0.3) is 17.0 Å². The van der Waals surface area contributed by atoms with Crippen molar-refractivity contribution in [2.24, 2.45) is 5.10 Å². The zero-order valence-electron chi connectivity index (χ0n) is 15.6. The molecule has 30 heavy (non-hydrogen) atoms. The Morgan fingerprint density at radius 3 is 2.53 bits per heavy atom. The molecule has 0 bridgehead atoms. The average molecular weight is 400 g/mol. The van der Waals surface area contributed by atoms with Crippen molar-refractivity contribution in [1.29, 1.82) is 0 Å². The first-order valence-corrected chi connectivity index (χ1v) is 9.03. The van der Waals surface area contributed by atoms with Crippen molar-refractivity contribution < 1.29 is 14.1 Å². The lowest BCUT2D eigenvalue weighted by Crippen LogP contribution is -2.19. The highest BCUT2D eigenvalue weighted by molar-refractivity contribution is 5.98. The van der Waals surface area contributed by atoms with Crippen molar-refractivity contribution in [3.05, 3.63) is 107 Å². The van der Waals surface area contributed by atoms with Gasteiger partial charge in [0.25, 0.3) is 11.6 Å². The van der Waals surface area contributed by atoms with Crippen LogP contribution in [0, 0.1) is 10.1 Å². The Bertz CT molecular complexity index is 1230. The molecule has 0 unspecified atom stereocenters. The number of hydrazone groups is 1. The Hall–Kier alpha value is -4.46. The SMILES string of the molecule is O=C(NN=Cc1ccc(-c2ccccc2[N+](=O)[O-])o1)c1ccccc1-n1cccc1. The molecule has 2 aromatic heterocycles. The van der Waals surface area contributed by atoms with Crippen LogP contribution in [-0.2, 0) is 0 Å². The summed E-state index contributed by atoms with van der Waals surface area (Å²) in [5.41, 5.74) is 3.99. The highest BCUT2D eigenvalue weighted by Gasteiger charge is 2.17. The molecule has 0 atom stereocenters. The lowest BCUT2D eigenvalue weighted by atomic mass is 10.1. The Balaban J connectivity index is 1.49. The van der Waals surface area contributed by atoms with E-state index in [2.05, 4.69) is 10.5 Å². The molecule has 0 fully saturated rings. The van der Waals surface area contributed by atoms with E-state index in [1.807, 2.05) is 41.2 Å². The summed E-state index contributed by atoms with van der Waals surface area (Å²) in [4.78, 5) is 23.3. The number of nitrogens with one attached hydrogen (secondary N) is 1. The number of amides is 1. The van der Waals surface area contributed by atoms with Gasteiger partial charge in [0.05, 0.1) is 28.0 Å². The fourth-order valence-electron chi connectivity index (χ4n) is 3.01. The molecule has 4 rings (SSSR count). The smallest absolute Gasteiger partial charge is 0.280 e. The number of hydrogen-bond acceptors (Lipinski definition) is 5. The zero-order chi connectivity index (χ0) is 20.9. The van der Waals surface area contributed by atoms with Crippen LogP contribution in [0.3, 0.4) is 0 Å². The van der Waals surface area contributed by atoms with E-state index in [1.54, 1.807) is 42.5 Å². The van der Waals surface area contributed by atoms with Crippen LogP contribution in [0.4, 0.5) is 5.69 Å². The Kier molecular flexibility index (Phi) is 5.21. The van der Waals surface area contributed by atoms with Gasteiger partial charge in [-0.05, 0) is 42.5 Å². The number of furan rings is 1. The number of para-hydroxylation sites is 2. The molecular weight excluding hydrogens is 384 g/mol. The van der Waals surface area contributed by atoms with Gasteiger partial charge < -0.3 is 8.98 Å². The predicted octanol–water partition coefficient (Wildman–Crippen LogP) is 4.41. The van der Waals surface area contributed by atoms with E-state index < -0.39 is 4.92 Å². The summed E-state index contributed by atoms with van der Waals surface area (Å²) in [5, 5.41) is 15.1. The predicted molar refractivity (Wildman–Crippen MR) is 112 cm³/mol. The van der Waals surface area contributed by atoms with Gasteiger partial charge in [-0.3, -0.25) is 14.9 Å². The van der Waals surface area contributed by atoms with Crippen molar-refractivity contribution >= 4 is 17.8 Å². The van der Waals surface area contributed by atoms with Crippen LogP contribution in [-0.4, -0.2) is 21.6 Å². The van der Waals surface area contributed by atoms with Gasteiger partial charge in [0, 0.05) is 18.5 Å². The fraction of sp³-hybridized carbons (Fsp3) is 0. The third kappa shape index (κ3) is 3.88. The highest BCUT2D eigenvalue weighted by Crippen LogP contribution is 2.30. The summed E-state index contributed by atoms with van der Waals surface area (Å²) in [7, 11) is 0. The maximum absolute atomic E-state index is 12.6. The topological polar surface area (TPSA) is 103 Å². The van der Waals surface area contributed by atoms with Crippen LogP contribution in [0.5, 0.6) is 0 Å². The molecule has 0 aliphatic rings. The van der Waals surface area contributed by atoms with Crippen LogP contribution in [0.1, 0.15) is 16.1 Å². The molecule has 0 spiro atoms. The number of nitrogens with zero attached hydrogens (tertiary/aromatic N) is 3. The molecule has 0 aliphatic heterocycles. The minimum Gasteiger partial charge on any atom is -0.455 e. The van der Waals surface area contributed by atoms with E-state index in [4.69, 9.17) is 4.42 Å². The van der Waals surface area contributed by atoms with Gasteiger partial charge in [-0.15, -0.1) is 0 Å². The lowest BCUT2D eigenvalue weighted by Gasteiger charge is -2.08. The summed E-state index contributed by atoms with van der Waals surface area (Å²) in [6, 6.07) is 20.5. The van der Waals surface area contributed by atoms with Gasteiger partial charge in [-0.25, -0.2) is 5.43 Å². The minimum absolute atomic E-state index is 0.0507. The number of nitro groups is 1. The largest absolute Gasteiger partial charge is 0.455 e. The van der Waals surface area contributed by atoms with Gasteiger partial charge in [0.1, 0.15) is 11.5 Å². The Morgan fingerprint density at radius 2 is 1.73 bits per heavy atom. The molecule has 1 amide bonds. The number of hydrogen-bond donors (Lipinski definition) is 1. The number of rotatable bonds is 6. The first-order chi connectivity index (χ1) is 14.6. The van der Waals surface area contributed by atoms with Crippen molar-refractivity contribution in [3.8, 4) is 17.0 Å². The van der Waals surface area contributed by atoms with E-state index in [0.717, 1.165) is 5.69 Å². The molecule has 148 valence electrons. The number of nitro benzene ring substituents is 1. The van der Waals surface area contributed by atoms with Gasteiger partial charge >= 0.3 is 0 Å². The molecular formula is C22H16N4O4. The van der Waals surface area contributed by atoms with E-state index in [-0.39, 0.29) is 11.6 Å². The molecule has 4 aromatic rings. The molecule has 8 heteroatoms. The molecule has 0 aliphatic carbocycles. The molecule has 0 saturated carbocycles. The van der Waals surface area contributed by atoms with E-state index in [9.17, 15) is 14.9 Å². The van der Waals surface area contributed by atoms with Crippen molar-refractivity contribution in [2.75, 3.05) is 0 Å². The maximum Gasteiger partial charge on any atom is 0.280 e. The van der Waals surface area contributed by atoms with E-state index in [1.165, 1.54) is 12.3 Å². The second-order valence-corrected chi connectivity index (χ2v) is 6.28. The number of benzene rings is 2. The lowest BCUT2D eigenvalue weighted by molar-refractivity contribution is -0.384. The summed E-state index contributed by atoms with van der Waals surface area (Å²) in [5.74, 6) is 0.316. The summed E-state index contributed by atoms with van der Waals surface area (Å²) < 4.78 is 7.46. The molecule has 1 N–H and O–H groups in total. The quantitative estimate of drug-likeness (QED) is 0.294. The van der Waals surface area contributed by atoms with Crippen LogP contribution < -0.4 is 5.43 Å². The van der Waals surface area contributed by atoms with Crippen LogP contribution >= 0.6 is 0 Å². The van der Waals surface area contributed by atoms with E-state index >= 15 is 0 Å². The number of carbonyl (C=O) groups excluding carboxylic acids is 1. The summed E-state index contributed by atoms with van der Waals surface area (Å²) in [6.07, 6.45) is 5.04. The van der Waals surface area contributed by atoms with Gasteiger partial charge in [0.2, 0.25) is 0 Å². The second-order valence-electron chi connectivity index (χ2n) is 6.28. The Labute approximate surface area is 171 Å². The van der Waals surface area contributed by atoms with Crippen LogP contribution in [0.2, 0.25) is 0 Å². The summed E-state index contributed by atoms with van der Waals surface area (Å²) in [6.45, 7) is 0. The second kappa shape index (κ2) is 8.27. The Morgan fingerprint density at radius 1 is 1.00 bits per heavy atom. The highest BCUT2D eigenvalue weighted by atomic mass is 16.6. The first kappa shape index (κ1) is 18.9. The standard InChI is InChI=1S/C22H16N4O4/c27-22(18-8-2-3-9-19(18)25-13-5-6-14-25)24-23-15-16-11-12-21(30-16)17-7-1-4-10-20(17)26(28)29/h1-15H,(H,24,27). The van der Waals surface area contributed by atoms with E-state index in [0.29, 0.717) is 22.6 Å². The normalized spacial score (nSPS) is 10.9. The maximum atomic E-state index is 12.6. The van der Waals surface area contributed by atoms with Crippen molar-refractivity contribution in [2.45, 2.75) is 0 Å². The number of carbonyl (C=O) groups is 1. The average Bonchev–Trinajstić information content (AvgIpc) is 3.46. The van der Waals surface area contributed by atoms with Gasteiger partial charge in [-0.1, -0.05) is 24.3 Å². The fourth-order valence-corrected chi connectivity index (χ4v) is 3.01. The minimum atomic E-state index is -0.464. The molecule has 0 saturated heterocycles. The molecule has 0 radical (unpaired) electrons. The zero-order valence-corrected chi connectivity index (χ0v) is 15.6. The number of aromatic nitrogens is 1. The van der Waals surface area contributed by atoms with Gasteiger partial charge in [0.15, 0.2) is 0 Å². The monoisotopic (exact) mass is 400 g/mol. The molecule has 2 heterocycles. The third-order valence-corrected chi connectivity index (χ3v) is 4.38. The van der Waals surface area contributed by atoms with Gasteiger partial charge in [-0.2, -0.15) is 5.10 Å². The first-order valence-electron chi connectivity index (χ1n) is 9.03.